The number of aliphatic hydroxyl groups excluding tert-OH is 1. The monoisotopic (exact) mass is 289 g/mol. The molecule has 0 aromatic heterocycles. The summed E-state index contributed by atoms with van der Waals surface area (Å²) >= 11 is 0. The van der Waals surface area contributed by atoms with E-state index in [1.54, 1.807) is 20.8 Å². The van der Waals surface area contributed by atoms with E-state index in [0.29, 0.717) is 0 Å². The number of alkyl carbamates (subject to hydrolysis) is 1. The highest BCUT2D eigenvalue weighted by atomic mass is 16.6. The number of esters is 1. The Balaban J connectivity index is 4.72. The topological polar surface area (TPSA) is 84.9 Å². The van der Waals surface area contributed by atoms with E-state index in [2.05, 4.69) is 10.1 Å². The van der Waals surface area contributed by atoms with Crippen molar-refractivity contribution in [2.75, 3.05) is 7.11 Å². The van der Waals surface area contributed by atoms with Gasteiger partial charge in [0.1, 0.15) is 5.60 Å². The number of ether oxygens (including phenoxy) is 2. The third kappa shape index (κ3) is 7.33. The minimum Gasteiger partial charge on any atom is -0.469 e. The number of aliphatic hydroxyl groups is 1. The molecule has 0 radical (unpaired) electrons. The molecule has 0 fully saturated rings. The van der Waals surface area contributed by atoms with Crippen molar-refractivity contribution in [2.45, 2.75) is 65.2 Å². The molecule has 20 heavy (non-hydrogen) atoms. The van der Waals surface area contributed by atoms with Gasteiger partial charge in [-0.2, -0.15) is 0 Å². The maximum atomic E-state index is 11.8. The van der Waals surface area contributed by atoms with Crippen molar-refractivity contribution in [3.8, 4) is 0 Å². The largest absolute Gasteiger partial charge is 0.469 e. The molecule has 2 N–H and O–H groups in total. The minimum absolute atomic E-state index is 0.00201. The lowest BCUT2D eigenvalue weighted by molar-refractivity contribution is -0.143. The second-order valence-electron chi connectivity index (χ2n) is 5.91. The van der Waals surface area contributed by atoms with Gasteiger partial charge in [0.15, 0.2) is 0 Å². The summed E-state index contributed by atoms with van der Waals surface area (Å²) in [5.74, 6) is -0.515. The van der Waals surface area contributed by atoms with Crippen molar-refractivity contribution < 1.29 is 24.2 Å². The Hall–Kier alpha value is -1.30. The minimum atomic E-state index is -1.01. The Morgan fingerprint density at radius 3 is 2.25 bits per heavy atom. The molecule has 0 saturated carbocycles. The molecule has 0 unspecified atom stereocenters. The van der Waals surface area contributed by atoms with Gasteiger partial charge in [0.25, 0.3) is 0 Å². The van der Waals surface area contributed by atoms with Crippen LogP contribution in [0.15, 0.2) is 0 Å². The first kappa shape index (κ1) is 18.7. The van der Waals surface area contributed by atoms with Gasteiger partial charge >= 0.3 is 12.1 Å². The molecule has 0 aliphatic heterocycles. The van der Waals surface area contributed by atoms with E-state index in [1.165, 1.54) is 7.11 Å². The molecule has 6 heteroatoms. The summed E-state index contributed by atoms with van der Waals surface area (Å²) in [6, 6.07) is -0.561. The number of carbonyl (C=O) groups is 2. The highest BCUT2D eigenvalue weighted by Crippen LogP contribution is 2.16. The lowest BCUT2D eigenvalue weighted by atomic mass is 9.93. The summed E-state index contributed by atoms with van der Waals surface area (Å²) in [5, 5.41) is 12.7. The van der Waals surface area contributed by atoms with Crippen molar-refractivity contribution in [1.29, 1.82) is 0 Å². The Kier molecular flexibility index (Phi) is 7.57. The van der Waals surface area contributed by atoms with Gasteiger partial charge in [-0.15, -0.1) is 0 Å². The van der Waals surface area contributed by atoms with E-state index in [4.69, 9.17) is 4.74 Å². The molecule has 0 aromatic carbocycles. The first-order chi connectivity index (χ1) is 9.10. The van der Waals surface area contributed by atoms with Crippen molar-refractivity contribution in [2.24, 2.45) is 5.92 Å². The van der Waals surface area contributed by atoms with Gasteiger partial charge in [-0.3, -0.25) is 4.79 Å². The molecule has 0 aromatic rings. The van der Waals surface area contributed by atoms with Crippen LogP contribution in [0, 0.1) is 5.92 Å². The van der Waals surface area contributed by atoms with Crippen LogP contribution < -0.4 is 5.32 Å². The van der Waals surface area contributed by atoms with Crippen molar-refractivity contribution in [3.63, 3.8) is 0 Å². The first-order valence-electron chi connectivity index (χ1n) is 6.85. The Bertz CT molecular complexity index is 324. The summed E-state index contributed by atoms with van der Waals surface area (Å²) in [6.45, 7) is 9.11. The average molecular weight is 289 g/mol. The maximum absolute atomic E-state index is 11.8. The number of rotatable bonds is 6. The van der Waals surface area contributed by atoms with E-state index < -0.39 is 29.8 Å². The van der Waals surface area contributed by atoms with Crippen LogP contribution in [0.1, 0.15) is 47.5 Å². The standard InChI is InChI=1S/C14H27NO5/c1-7-9(2)12(10(16)8-11(17)19-6)15-13(18)20-14(3,4)5/h9-10,12,16H,7-8H2,1-6H3,(H,15,18)/t9-,10-,12-/m0/s1. The zero-order valence-corrected chi connectivity index (χ0v) is 13.2. The Morgan fingerprint density at radius 1 is 1.30 bits per heavy atom. The lowest BCUT2D eigenvalue weighted by Gasteiger charge is -2.29. The summed E-state index contributed by atoms with van der Waals surface area (Å²) in [6.07, 6.45) is -1.03. The van der Waals surface area contributed by atoms with Crippen LogP contribution in [-0.2, 0) is 14.3 Å². The average Bonchev–Trinajstić information content (AvgIpc) is 2.32. The molecule has 0 bridgehead atoms. The molecule has 3 atom stereocenters. The molecular formula is C14H27NO5. The third-order valence-corrected chi connectivity index (χ3v) is 2.96. The van der Waals surface area contributed by atoms with Crippen LogP contribution in [0.4, 0.5) is 4.79 Å². The van der Waals surface area contributed by atoms with Crippen molar-refractivity contribution in [1.82, 2.24) is 5.32 Å². The predicted molar refractivity (Wildman–Crippen MR) is 75.3 cm³/mol. The zero-order chi connectivity index (χ0) is 15.9. The zero-order valence-electron chi connectivity index (χ0n) is 13.2. The van der Waals surface area contributed by atoms with Crippen LogP contribution in [0.25, 0.3) is 0 Å². The predicted octanol–water partition coefficient (Wildman–Crippen LogP) is 1.85. The lowest BCUT2D eigenvalue weighted by Crippen LogP contribution is -2.49. The fourth-order valence-corrected chi connectivity index (χ4v) is 1.70. The molecule has 0 saturated heterocycles. The summed E-state index contributed by atoms with van der Waals surface area (Å²) < 4.78 is 9.69. The molecular weight excluding hydrogens is 262 g/mol. The number of methoxy groups -OCH3 is 1. The fraction of sp³-hybridized carbons (Fsp3) is 0.857. The third-order valence-electron chi connectivity index (χ3n) is 2.96. The second kappa shape index (κ2) is 8.09. The smallest absolute Gasteiger partial charge is 0.407 e. The van der Waals surface area contributed by atoms with Gasteiger partial charge in [-0.05, 0) is 26.7 Å². The van der Waals surface area contributed by atoms with E-state index >= 15 is 0 Å². The Morgan fingerprint density at radius 2 is 1.85 bits per heavy atom. The molecule has 0 spiro atoms. The molecule has 1 amide bonds. The van der Waals surface area contributed by atoms with Crippen LogP contribution in [0.3, 0.4) is 0 Å². The molecule has 0 aliphatic rings. The van der Waals surface area contributed by atoms with Gasteiger partial charge in [0, 0.05) is 0 Å². The van der Waals surface area contributed by atoms with Gasteiger partial charge in [0.2, 0.25) is 0 Å². The van der Waals surface area contributed by atoms with E-state index in [0.717, 1.165) is 6.42 Å². The van der Waals surface area contributed by atoms with Crippen molar-refractivity contribution >= 4 is 12.1 Å². The molecule has 0 heterocycles. The van der Waals surface area contributed by atoms with Gasteiger partial charge in [-0.25, -0.2) is 4.79 Å². The summed E-state index contributed by atoms with van der Waals surface area (Å²) in [4.78, 5) is 23.0. The molecule has 0 aliphatic carbocycles. The quantitative estimate of drug-likeness (QED) is 0.729. The van der Waals surface area contributed by atoms with Crippen LogP contribution in [0.2, 0.25) is 0 Å². The number of carbonyl (C=O) groups excluding carboxylic acids is 2. The molecule has 0 rings (SSSR count). The van der Waals surface area contributed by atoms with Crippen molar-refractivity contribution in [3.05, 3.63) is 0 Å². The summed E-state index contributed by atoms with van der Waals surface area (Å²) in [7, 11) is 1.26. The second-order valence-corrected chi connectivity index (χ2v) is 5.91. The SMILES string of the molecule is CC[C@H](C)[C@H](NC(=O)OC(C)(C)C)[C@@H](O)CC(=O)OC. The molecule has 118 valence electrons. The van der Waals surface area contributed by atoms with E-state index in [-0.39, 0.29) is 12.3 Å². The Labute approximate surface area is 120 Å². The highest BCUT2D eigenvalue weighted by molar-refractivity contribution is 5.71. The van der Waals surface area contributed by atoms with Crippen LogP contribution >= 0.6 is 0 Å². The number of hydrogen-bond donors (Lipinski definition) is 2. The highest BCUT2D eigenvalue weighted by Gasteiger charge is 2.29. The van der Waals surface area contributed by atoms with Gasteiger partial charge in [-0.1, -0.05) is 20.3 Å². The van der Waals surface area contributed by atoms with Crippen LogP contribution in [0.5, 0.6) is 0 Å². The fourth-order valence-electron chi connectivity index (χ4n) is 1.70. The first-order valence-corrected chi connectivity index (χ1v) is 6.85. The summed E-state index contributed by atoms with van der Waals surface area (Å²) in [5.41, 5.74) is -0.614. The van der Waals surface area contributed by atoms with Crippen LogP contribution in [-0.4, -0.2) is 42.0 Å². The number of nitrogens with one attached hydrogen (secondary N) is 1. The van der Waals surface area contributed by atoms with E-state index in [1.807, 2.05) is 13.8 Å². The molecule has 6 nitrogen and oxygen atoms in total. The number of hydrogen-bond acceptors (Lipinski definition) is 5. The normalized spacial score (nSPS) is 15.9. The van der Waals surface area contributed by atoms with E-state index in [9.17, 15) is 14.7 Å². The van der Waals surface area contributed by atoms with Gasteiger partial charge in [0.05, 0.1) is 25.7 Å². The maximum Gasteiger partial charge on any atom is 0.407 e. The number of amides is 1. The van der Waals surface area contributed by atoms with Gasteiger partial charge < -0.3 is 19.9 Å².